The van der Waals surface area contributed by atoms with Gasteiger partial charge in [0.15, 0.2) is 11.6 Å². The van der Waals surface area contributed by atoms with Gasteiger partial charge < -0.3 is 26.2 Å². The smallest absolute Gasteiger partial charge is 0.416 e. The lowest BCUT2D eigenvalue weighted by atomic mass is 9.82. The first kappa shape index (κ1) is 22.1. The van der Waals surface area contributed by atoms with Crippen molar-refractivity contribution in [1.82, 2.24) is 9.96 Å². The first-order chi connectivity index (χ1) is 14.9. The fraction of sp³-hybridized carbons (Fsp3) is 0.526. The van der Waals surface area contributed by atoms with Gasteiger partial charge >= 0.3 is 12.1 Å². The Bertz CT molecular complexity index is 984. The molecule has 1 spiro atoms. The summed E-state index contributed by atoms with van der Waals surface area (Å²) in [6.45, 7) is 3.01. The molecule has 3 aliphatic rings. The van der Waals surface area contributed by atoms with Gasteiger partial charge in [-0.25, -0.2) is 14.8 Å². The second-order valence-corrected chi connectivity index (χ2v) is 8.11. The average Bonchev–Trinajstić information content (AvgIpc) is 3.13. The van der Waals surface area contributed by atoms with Crippen molar-refractivity contribution in [3.05, 3.63) is 35.4 Å². The number of benzene rings is 1. The standard InChI is InChI=1S/C19H23F3N6O4/c1-8-13(32-15(30)10-3-5-11(6-4-10)19(20,21)22)9(2)27-16(23)25-12(7-29)14-18(8,27)28(31)17(24)26-14/h3-6,8-9,12-14,29,31H,7H2,1-2H3,(H2,23,25)(H2,24,26)/t8?,9?,12?,13-,14?,18?/m1/s1. The molecule has 3 aliphatic heterocycles. The van der Waals surface area contributed by atoms with Crippen molar-refractivity contribution in [3.8, 4) is 0 Å². The summed E-state index contributed by atoms with van der Waals surface area (Å²) in [5, 5.41) is 21.4. The zero-order chi connectivity index (χ0) is 23.6. The van der Waals surface area contributed by atoms with E-state index < -0.39 is 60.1 Å². The van der Waals surface area contributed by atoms with Crippen LogP contribution in [0.4, 0.5) is 13.2 Å². The summed E-state index contributed by atoms with van der Waals surface area (Å²) in [4.78, 5) is 22.8. The maximum Gasteiger partial charge on any atom is 0.416 e. The molecule has 4 rings (SSSR count). The molecule has 32 heavy (non-hydrogen) atoms. The van der Waals surface area contributed by atoms with Gasteiger partial charge in [-0.3, -0.25) is 5.21 Å². The fourth-order valence-corrected chi connectivity index (χ4v) is 5.05. The third-order valence-corrected chi connectivity index (χ3v) is 6.48. The number of carbonyl (C=O) groups excluding carboxylic acids is 1. The molecule has 1 fully saturated rings. The number of hydrogen-bond acceptors (Lipinski definition) is 10. The van der Waals surface area contributed by atoms with Crippen LogP contribution in [0.1, 0.15) is 29.8 Å². The first-order valence-corrected chi connectivity index (χ1v) is 9.88. The van der Waals surface area contributed by atoms with E-state index >= 15 is 0 Å². The van der Waals surface area contributed by atoms with Crippen molar-refractivity contribution in [2.75, 3.05) is 6.61 Å². The summed E-state index contributed by atoms with van der Waals surface area (Å²) in [6.07, 6.45) is -5.38. The van der Waals surface area contributed by atoms with E-state index in [4.69, 9.17) is 16.2 Å². The number of hydrogen-bond donors (Lipinski definition) is 4. The Morgan fingerprint density at radius 3 is 2.38 bits per heavy atom. The topological polar surface area (TPSA) is 150 Å². The molecule has 0 amide bonds. The van der Waals surface area contributed by atoms with Gasteiger partial charge in [-0.15, -0.1) is 0 Å². The largest absolute Gasteiger partial charge is 0.456 e. The number of alkyl halides is 3. The van der Waals surface area contributed by atoms with Crippen molar-refractivity contribution < 1.29 is 33.0 Å². The number of halogens is 3. The molecule has 3 heterocycles. The van der Waals surface area contributed by atoms with E-state index in [0.29, 0.717) is 0 Å². The number of ether oxygens (including phenoxy) is 1. The predicted molar refractivity (Wildman–Crippen MR) is 105 cm³/mol. The van der Waals surface area contributed by atoms with Crippen molar-refractivity contribution in [2.24, 2.45) is 27.4 Å². The molecule has 1 saturated heterocycles. The highest BCUT2D eigenvalue weighted by molar-refractivity contribution is 5.90. The minimum Gasteiger partial charge on any atom is -0.456 e. The van der Waals surface area contributed by atoms with E-state index in [2.05, 4.69) is 9.98 Å². The van der Waals surface area contributed by atoms with Gasteiger partial charge in [0, 0.05) is 5.92 Å². The molecule has 0 bridgehead atoms. The number of nitrogens with zero attached hydrogens (tertiary/aromatic N) is 4. The fourth-order valence-electron chi connectivity index (χ4n) is 5.05. The number of hydroxylamine groups is 2. The average molecular weight is 456 g/mol. The third-order valence-electron chi connectivity index (χ3n) is 6.48. The van der Waals surface area contributed by atoms with Gasteiger partial charge in [0.05, 0.1) is 23.8 Å². The van der Waals surface area contributed by atoms with E-state index in [1.54, 1.807) is 18.7 Å². The van der Waals surface area contributed by atoms with Gasteiger partial charge in [0.2, 0.25) is 5.96 Å². The van der Waals surface area contributed by atoms with Crippen LogP contribution in [-0.4, -0.2) is 74.7 Å². The Hall–Kier alpha value is -3.06. The Morgan fingerprint density at radius 1 is 1.19 bits per heavy atom. The molecule has 1 aromatic carbocycles. The maximum absolute atomic E-state index is 12.8. The second kappa shape index (κ2) is 7.24. The Labute approximate surface area is 180 Å². The van der Waals surface area contributed by atoms with Crippen LogP contribution < -0.4 is 11.5 Å². The van der Waals surface area contributed by atoms with Crippen LogP contribution in [0.5, 0.6) is 0 Å². The molecule has 10 nitrogen and oxygen atoms in total. The SMILES string of the molecule is CC1[C@H](OC(=O)c2ccc(C(F)(F)F)cc2)C(C)C23C(N=C(N)N2O)C(CO)N=C(N)N13. The lowest BCUT2D eigenvalue weighted by molar-refractivity contribution is -0.172. The Kier molecular flexibility index (Phi) is 5.01. The van der Waals surface area contributed by atoms with Gasteiger partial charge in [-0.2, -0.15) is 18.2 Å². The normalized spacial score (nSPS) is 34.0. The monoisotopic (exact) mass is 456 g/mol. The molecule has 0 aromatic heterocycles. The van der Waals surface area contributed by atoms with Crippen LogP contribution in [-0.2, 0) is 10.9 Å². The van der Waals surface area contributed by atoms with Crippen LogP contribution in [0.15, 0.2) is 34.3 Å². The van der Waals surface area contributed by atoms with Crippen LogP contribution >= 0.6 is 0 Å². The third kappa shape index (κ3) is 2.91. The molecular formula is C19H23F3N6O4. The number of aliphatic hydroxyl groups excluding tert-OH is 1. The maximum atomic E-state index is 12.8. The quantitative estimate of drug-likeness (QED) is 0.476. The van der Waals surface area contributed by atoms with Crippen LogP contribution in [0.3, 0.4) is 0 Å². The number of guanidine groups is 2. The molecular weight excluding hydrogens is 433 g/mol. The summed E-state index contributed by atoms with van der Waals surface area (Å²) in [7, 11) is 0. The van der Waals surface area contributed by atoms with E-state index in [0.717, 1.165) is 29.3 Å². The van der Waals surface area contributed by atoms with Gasteiger partial charge in [-0.05, 0) is 31.2 Å². The summed E-state index contributed by atoms with van der Waals surface area (Å²) >= 11 is 0. The molecule has 6 N–H and O–H groups in total. The number of aliphatic imine (C=N–C) groups is 2. The van der Waals surface area contributed by atoms with Gasteiger partial charge in [0.25, 0.3) is 0 Å². The Balaban J connectivity index is 1.65. The first-order valence-electron chi connectivity index (χ1n) is 9.88. The Morgan fingerprint density at radius 2 is 1.81 bits per heavy atom. The van der Waals surface area contributed by atoms with Crippen molar-refractivity contribution in [1.29, 1.82) is 0 Å². The van der Waals surface area contributed by atoms with Crippen molar-refractivity contribution >= 4 is 17.9 Å². The van der Waals surface area contributed by atoms with Crippen LogP contribution in [0.25, 0.3) is 0 Å². The lowest BCUT2D eigenvalue weighted by Crippen LogP contribution is -2.72. The predicted octanol–water partition coefficient (Wildman–Crippen LogP) is 0.345. The zero-order valence-electron chi connectivity index (χ0n) is 17.2. The summed E-state index contributed by atoms with van der Waals surface area (Å²) in [6, 6.07) is 1.51. The molecule has 13 heteroatoms. The molecule has 6 atom stereocenters. The molecule has 174 valence electrons. The summed E-state index contributed by atoms with van der Waals surface area (Å²) in [5.74, 6) is -1.64. The molecule has 0 radical (unpaired) electrons. The van der Waals surface area contributed by atoms with Crippen molar-refractivity contribution in [3.63, 3.8) is 0 Å². The number of aliphatic hydroxyl groups is 1. The van der Waals surface area contributed by atoms with Gasteiger partial charge in [0.1, 0.15) is 18.2 Å². The number of nitrogens with two attached hydrogens (primary N) is 2. The van der Waals surface area contributed by atoms with Crippen LogP contribution in [0.2, 0.25) is 0 Å². The van der Waals surface area contributed by atoms with E-state index in [9.17, 15) is 28.3 Å². The minimum atomic E-state index is -4.53. The summed E-state index contributed by atoms with van der Waals surface area (Å²) < 4.78 is 44.1. The van der Waals surface area contributed by atoms with E-state index in [-0.39, 0.29) is 17.5 Å². The lowest BCUT2D eigenvalue weighted by Gasteiger charge is -2.49. The molecule has 0 aliphatic carbocycles. The molecule has 0 saturated carbocycles. The molecule has 5 unspecified atom stereocenters. The minimum absolute atomic E-state index is 0.0108. The zero-order valence-corrected chi connectivity index (χ0v) is 17.2. The number of esters is 1. The van der Waals surface area contributed by atoms with Crippen LogP contribution in [0, 0.1) is 5.92 Å². The molecule has 1 aromatic rings. The highest BCUT2D eigenvalue weighted by Crippen LogP contribution is 2.50. The second-order valence-electron chi connectivity index (χ2n) is 8.11. The highest BCUT2D eigenvalue weighted by Gasteiger charge is 2.70. The highest BCUT2D eigenvalue weighted by atomic mass is 19.4. The van der Waals surface area contributed by atoms with Gasteiger partial charge in [-0.1, -0.05) is 6.92 Å². The van der Waals surface area contributed by atoms with Crippen molar-refractivity contribution in [2.45, 2.75) is 49.9 Å². The summed E-state index contributed by atoms with van der Waals surface area (Å²) in [5.41, 5.74) is 9.72. The van der Waals surface area contributed by atoms with E-state index in [1.807, 2.05) is 0 Å². The number of rotatable bonds is 3. The van der Waals surface area contributed by atoms with E-state index in [1.165, 1.54) is 0 Å². The number of carbonyl (C=O) groups is 1.